The minimum Gasteiger partial charge on any atom is -0.381 e. The third kappa shape index (κ3) is 4.77. The Morgan fingerprint density at radius 2 is 2.00 bits per heavy atom. The average molecular weight is 234 g/mol. The standard InChI is InChI=1S/C13H24F2O/c1-3-13(14,15)8-6-4-5-7-12(2)9-10-16-11-12/h3-11H2,1-2H3. The quantitative estimate of drug-likeness (QED) is 0.593. The predicted molar refractivity (Wildman–Crippen MR) is 61.9 cm³/mol. The maximum absolute atomic E-state index is 12.9. The van der Waals surface area contributed by atoms with E-state index in [4.69, 9.17) is 4.74 Å². The lowest BCUT2D eigenvalue weighted by molar-refractivity contribution is -0.0138. The number of ether oxygens (including phenoxy) is 1. The van der Waals surface area contributed by atoms with Gasteiger partial charge in [0, 0.05) is 19.4 Å². The molecule has 1 fully saturated rings. The van der Waals surface area contributed by atoms with Gasteiger partial charge >= 0.3 is 0 Å². The van der Waals surface area contributed by atoms with Crippen LogP contribution in [0.1, 0.15) is 58.8 Å². The third-order valence-corrected chi connectivity index (χ3v) is 3.64. The topological polar surface area (TPSA) is 9.23 Å². The van der Waals surface area contributed by atoms with Gasteiger partial charge in [0.25, 0.3) is 0 Å². The molecule has 0 bridgehead atoms. The number of alkyl halides is 2. The molecule has 3 heteroatoms. The first-order valence-electron chi connectivity index (χ1n) is 6.43. The molecule has 1 heterocycles. The van der Waals surface area contributed by atoms with Gasteiger partial charge in [0.15, 0.2) is 0 Å². The van der Waals surface area contributed by atoms with Crippen LogP contribution in [0.25, 0.3) is 0 Å². The van der Waals surface area contributed by atoms with Crippen LogP contribution >= 0.6 is 0 Å². The Morgan fingerprint density at radius 1 is 1.25 bits per heavy atom. The molecule has 1 nitrogen and oxygen atoms in total. The summed E-state index contributed by atoms with van der Waals surface area (Å²) in [5, 5.41) is 0. The van der Waals surface area contributed by atoms with Gasteiger partial charge in [-0.05, 0) is 24.7 Å². The van der Waals surface area contributed by atoms with Gasteiger partial charge in [0.1, 0.15) is 0 Å². The largest absolute Gasteiger partial charge is 0.381 e. The van der Waals surface area contributed by atoms with Gasteiger partial charge < -0.3 is 4.74 Å². The molecule has 96 valence electrons. The Hall–Kier alpha value is -0.180. The minimum absolute atomic E-state index is 0.0292. The average Bonchev–Trinajstić information content (AvgIpc) is 2.65. The normalized spacial score (nSPS) is 26.2. The van der Waals surface area contributed by atoms with Crippen LogP contribution in [0.3, 0.4) is 0 Å². The van der Waals surface area contributed by atoms with E-state index >= 15 is 0 Å². The van der Waals surface area contributed by atoms with Crippen LogP contribution in [0, 0.1) is 5.41 Å². The van der Waals surface area contributed by atoms with Crippen molar-refractivity contribution in [3.63, 3.8) is 0 Å². The van der Waals surface area contributed by atoms with Crippen LogP contribution in [0.2, 0.25) is 0 Å². The summed E-state index contributed by atoms with van der Waals surface area (Å²) in [5.74, 6) is -2.44. The first kappa shape index (κ1) is 13.9. The number of unbranched alkanes of at least 4 members (excludes halogenated alkanes) is 2. The van der Waals surface area contributed by atoms with E-state index in [1.54, 1.807) is 6.92 Å². The molecule has 0 aromatic heterocycles. The molecule has 0 spiro atoms. The molecule has 0 aromatic carbocycles. The Bertz CT molecular complexity index is 198. The van der Waals surface area contributed by atoms with Gasteiger partial charge in [-0.1, -0.05) is 26.7 Å². The van der Waals surface area contributed by atoms with E-state index in [0.717, 1.165) is 38.9 Å². The molecule has 0 aliphatic carbocycles. The molecule has 0 saturated carbocycles. The second-order valence-electron chi connectivity index (χ2n) is 5.38. The lowest BCUT2D eigenvalue weighted by Gasteiger charge is -2.21. The maximum Gasteiger partial charge on any atom is 0.247 e. The van der Waals surface area contributed by atoms with Crippen LogP contribution in [0.15, 0.2) is 0 Å². The van der Waals surface area contributed by atoms with Crippen LogP contribution in [-0.2, 0) is 4.74 Å². The molecular weight excluding hydrogens is 210 g/mol. The zero-order chi connectivity index (χ0) is 12.1. The van der Waals surface area contributed by atoms with Crippen LogP contribution < -0.4 is 0 Å². The zero-order valence-corrected chi connectivity index (χ0v) is 10.5. The number of halogens is 2. The van der Waals surface area contributed by atoms with Gasteiger partial charge in [-0.25, -0.2) is 8.78 Å². The lowest BCUT2D eigenvalue weighted by Crippen LogP contribution is -2.16. The Morgan fingerprint density at radius 3 is 2.56 bits per heavy atom. The molecule has 1 aliphatic rings. The molecule has 0 amide bonds. The molecule has 0 radical (unpaired) electrons. The summed E-state index contributed by atoms with van der Waals surface area (Å²) in [7, 11) is 0. The van der Waals surface area contributed by atoms with Gasteiger partial charge in [-0.3, -0.25) is 0 Å². The fourth-order valence-electron chi connectivity index (χ4n) is 2.20. The summed E-state index contributed by atoms with van der Waals surface area (Å²) < 4.78 is 31.2. The van der Waals surface area contributed by atoms with Crippen molar-refractivity contribution < 1.29 is 13.5 Å². The van der Waals surface area contributed by atoms with Crippen molar-refractivity contribution in [2.45, 2.75) is 64.7 Å². The van der Waals surface area contributed by atoms with Crippen molar-refractivity contribution in [2.24, 2.45) is 5.41 Å². The number of rotatable bonds is 7. The molecule has 1 atom stereocenters. The molecule has 16 heavy (non-hydrogen) atoms. The molecule has 1 saturated heterocycles. The molecule has 1 rings (SSSR count). The highest BCUT2D eigenvalue weighted by atomic mass is 19.3. The van der Waals surface area contributed by atoms with Crippen LogP contribution in [0.4, 0.5) is 8.78 Å². The summed E-state index contributed by atoms with van der Waals surface area (Å²) in [4.78, 5) is 0. The Kier molecular flexibility index (Phi) is 5.16. The summed E-state index contributed by atoms with van der Waals surface area (Å²) in [6, 6.07) is 0. The van der Waals surface area contributed by atoms with Crippen molar-refractivity contribution in [1.82, 2.24) is 0 Å². The molecule has 0 N–H and O–H groups in total. The number of hydrogen-bond donors (Lipinski definition) is 0. The monoisotopic (exact) mass is 234 g/mol. The smallest absolute Gasteiger partial charge is 0.247 e. The van der Waals surface area contributed by atoms with E-state index in [1.807, 2.05) is 0 Å². The number of hydrogen-bond acceptors (Lipinski definition) is 1. The van der Waals surface area contributed by atoms with E-state index in [9.17, 15) is 8.78 Å². The molecular formula is C13H24F2O. The Balaban J connectivity index is 2.04. The lowest BCUT2D eigenvalue weighted by atomic mass is 9.84. The second kappa shape index (κ2) is 5.95. The van der Waals surface area contributed by atoms with E-state index in [2.05, 4.69) is 6.92 Å². The van der Waals surface area contributed by atoms with Crippen molar-refractivity contribution in [3.8, 4) is 0 Å². The fourth-order valence-corrected chi connectivity index (χ4v) is 2.20. The first-order chi connectivity index (χ1) is 7.47. The zero-order valence-electron chi connectivity index (χ0n) is 10.5. The van der Waals surface area contributed by atoms with Gasteiger partial charge in [-0.2, -0.15) is 0 Å². The van der Waals surface area contributed by atoms with E-state index in [0.29, 0.717) is 11.8 Å². The molecule has 1 unspecified atom stereocenters. The van der Waals surface area contributed by atoms with Crippen molar-refractivity contribution >= 4 is 0 Å². The van der Waals surface area contributed by atoms with Gasteiger partial charge in [-0.15, -0.1) is 0 Å². The second-order valence-corrected chi connectivity index (χ2v) is 5.38. The van der Waals surface area contributed by atoms with Crippen LogP contribution in [-0.4, -0.2) is 19.1 Å². The summed E-state index contributed by atoms with van der Waals surface area (Å²) in [6.45, 7) is 5.50. The summed E-state index contributed by atoms with van der Waals surface area (Å²) in [5.41, 5.74) is 0.313. The highest BCUT2D eigenvalue weighted by molar-refractivity contribution is 4.78. The molecule has 1 aliphatic heterocycles. The molecule has 0 aromatic rings. The first-order valence-corrected chi connectivity index (χ1v) is 6.43. The highest BCUT2D eigenvalue weighted by Gasteiger charge is 2.29. The third-order valence-electron chi connectivity index (χ3n) is 3.64. The van der Waals surface area contributed by atoms with E-state index < -0.39 is 5.92 Å². The highest BCUT2D eigenvalue weighted by Crippen LogP contribution is 2.34. The summed E-state index contributed by atoms with van der Waals surface area (Å²) >= 11 is 0. The minimum atomic E-state index is -2.44. The SMILES string of the molecule is CCC(F)(F)CCCCCC1(C)CCOC1. The van der Waals surface area contributed by atoms with Gasteiger partial charge in [0.2, 0.25) is 5.92 Å². The van der Waals surface area contributed by atoms with Gasteiger partial charge in [0.05, 0.1) is 6.61 Å². The van der Waals surface area contributed by atoms with E-state index in [-0.39, 0.29) is 12.8 Å². The van der Waals surface area contributed by atoms with Crippen molar-refractivity contribution in [2.75, 3.05) is 13.2 Å². The van der Waals surface area contributed by atoms with E-state index in [1.165, 1.54) is 0 Å². The fraction of sp³-hybridized carbons (Fsp3) is 1.00. The maximum atomic E-state index is 12.9. The van der Waals surface area contributed by atoms with Crippen LogP contribution in [0.5, 0.6) is 0 Å². The Labute approximate surface area is 97.6 Å². The predicted octanol–water partition coefficient (Wildman–Crippen LogP) is 4.41. The van der Waals surface area contributed by atoms with Crippen molar-refractivity contribution in [1.29, 1.82) is 0 Å². The van der Waals surface area contributed by atoms with Crippen molar-refractivity contribution in [3.05, 3.63) is 0 Å². The summed E-state index contributed by atoms with van der Waals surface area (Å²) in [6.07, 6.45) is 4.89.